The fourth-order valence-electron chi connectivity index (χ4n) is 7.78. The average molecular weight is 893 g/mol. The monoisotopic (exact) mass is 892 g/mol. The number of aliphatic hydroxyl groups is 1. The van der Waals surface area contributed by atoms with E-state index >= 15 is 4.39 Å². The molecule has 2 aromatic carbocycles. The van der Waals surface area contributed by atoms with Crippen LogP contribution in [0, 0.1) is 5.82 Å². The standard InChI is InChI=1S/C45H45FN8O11/c1-2-45(64)29-18-34-41-27(23-54(34)43(62)28(29)24-65-44(45)63)16-26-17-32(30(46)19-31(26)52-41)50-38(58)22-49-42(61)33(15-25-9-5-3-6-10-25)51-37(57)21-48-36(56)20-47-35(55)11-7-4-8-14-53-39(59)12-13-40(53)60/h3,5-6,9-10,12-13,16-19,33,64H,2,4,7-8,11,14-15,20-24H2,1H3,(H,47,55)(H,48,56)(H,49,61)(H,50,58)(H,51,57)/t33?,45-/m0/s1. The number of pyridine rings is 2. The van der Waals surface area contributed by atoms with Crippen molar-refractivity contribution < 1.29 is 52.6 Å². The summed E-state index contributed by atoms with van der Waals surface area (Å²) < 4.78 is 22.0. The highest BCUT2D eigenvalue weighted by Gasteiger charge is 2.45. The number of ether oxygens (including phenoxy) is 1. The molecule has 19 nitrogen and oxygen atoms in total. The van der Waals surface area contributed by atoms with Crippen LogP contribution in [0.25, 0.3) is 22.3 Å². The lowest BCUT2D eigenvalue weighted by molar-refractivity contribution is -0.172. The Morgan fingerprint density at radius 1 is 0.862 bits per heavy atom. The molecule has 3 aliphatic heterocycles. The Hall–Kier alpha value is -7.61. The van der Waals surface area contributed by atoms with E-state index < -0.39 is 78.2 Å². The lowest BCUT2D eigenvalue weighted by Crippen LogP contribution is -2.52. The van der Waals surface area contributed by atoms with E-state index in [1.807, 2.05) is 0 Å². The van der Waals surface area contributed by atoms with Crippen LogP contribution in [0.2, 0.25) is 0 Å². The number of cyclic esters (lactones) is 1. The number of amides is 7. The number of aromatic nitrogens is 2. The van der Waals surface area contributed by atoms with Crippen molar-refractivity contribution in [1.82, 2.24) is 35.7 Å². The lowest BCUT2D eigenvalue weighted by Gasteiger charge is -2.31. The number of fused-ring (bicyclic) bond motifs is 5. The first-order chi connectivity index (χ1) is 31.1. The van der Waals surface area contributed by atoms with E-state index in [1.54, 1.807) is 49.4 Å². The van der Waals surface area contributed by atoms with Crippen molar-refractivity contribution in [3.63, 3.8) is 0 Å². The van der Waals surface area contributed by atoms with E-state index in [9.17, 15) is 48.3 Å². The highest BCUT2D eigenvalue weighted by atomic mass is 19.1. The molecule has 3 aliphatic rings. The Morgan fingerprint density at radius 2 is 1.57 bits per heavy atom. The van der Waals surface area contributed by atoms with Gasteiger partial charge in [-0.2, -0.15) is 0 Å². The summed E-state index contributed by atoms with van der Waals surface area (Å²) >= 11 is 0. The number of imide groups is 1. The van der Waals surface area contributed by atoms with E-state index in [-0.39, 0.29) is 73.1 Å². The van der Waals surface area contributed by atoms with Crippen molar-refractivity contribution in [2.45, 2.75) is 70.2 Å². The number of nitrogens with one attached hydrogen (secondary N) is 5. The van der Waals surface area contributed by atoms with Crippen molar-refractivity contribution in [3.8, 4) is 11.4 Å². The molecule has 0 radical (unpaired) electrons. The number of benzene rings is 2. The maximum Gasteiger partial charge on any atom is 0.343 e. The second-order valence-electron chi connectivity index (χ2n) is 15.7. The van der Waals surface area contributed by atoms with Crippen LogP contribution in [0.4, 0.5) is 10.1 Å². The number of carbonyl (C=O) groups is 8. The van der Waals surface area contributed by atoms with Crippen LogP contribution < -0.4 is 32.1 Å². The second-order valence-corrected chi connectivity index (χ2v) is 15.7. The zero-order valence-electron chi connectivity index (χ0n) is 35.2. The molecule has 5 heterocycles. The number of hydrogen-bond donors (Lipinski definition) is 6. The smallest absolute Gasteiger partial charge is 0.343 e. The first-order valence-corrected chi connectivity index (χ1v) is 20.9. The second kappa shape index (κ2) is 19.4. The van der Waals surface area contributed by atoms with Gasteiger partial charge in [-0.1, -0.05) is 43.7 Å². The third kappa shape index (κ3) is 10.1. The van der Waals surface area contributed by atoms with Gasteiger partial charge >= 0.3 is 5.97 Å². The summed E-state index contributed by atoms with van der Waals surface area (Å²) in [7, 11) is 0. The first-order valence-electron chi connectivity index (χ1n) is 20.9. The van der Waals surface area contributed by atoms with Crippen molar-refractivity contribution in [2.75, 3.05) is 31.5 Å². The summed E-state index contributed by atoms with van der Waals surface area (Å²) in [6.07, 6.45) is 4.06. The van der Waals surface area contributed by atoms with E-state index in [0.29, 0.717) is 47.2 Å². The van der Waals surface area contributed by atoms with Gasteiger partial charge in [0.05, 0.1) is 54.3 Å². The molecular weight excluding hydrogens is 848 g/mol. The van der Waals surface area contributed by atoms with Gasteiger partial charge in [0.15, 0.2) is 5.60 Å². The molecule has 7 amide bonds. The van der Waals surface area contributed by atoms with Gasteiger partial charge in [0.1, 0.15) is 18.5 Å². The minimum absolute atomic E-state index is 0.0200. The topological polar surface area (TPSA) is 264 Å². The zero-order valence-corrected chi connectivity index (χ0v) is 35.2. The molecule has 6 N–H and O–H groups in total. The molecule has 65 heavy (non-hydrogen) atoms. The summed E-state index contributed by atoms with van der Waals surface area (Å²) in [5.41, 5.74) is -0.182. The van der Waals surface area contributed by atoms with Crippen LogP contribution >= 0.6 is 0 Å². The Bertz CT molecular complexity index is 2700. The number of nitrogens with zero attached hydrogens (tertiary/aromatic N) is 3. The first kappa shape index (κ1) is 45.4. The van der Waals surface area contributed by atoms with E-state index in [1.165, 1.54) is 22.8 Å². The molecule has 0 aliphatic carbocycles. The molecule has 0 bridgehead atoms. The van der Waals surface area contributed by atoms with E-state index in [0.717, 1.165) is 11.0 Å². The van der Waals surface area contributed by atoms with Gasteiger partial charge in [0.25, 0.3) is 17.4 Å². The quantitative estimate of drug-likeness (QED) is 0.0404. The summed E-state index contributed by atoms with van der Waals surface area (Å²) in [5, 5.41) is 23.8. The van der Waals surface area contributed by atoms with Gasteiger partial charge in [-0.3, -0.25) is 43.3 Å². The zero-order chi connectivity index (χ0) is 46.4. The van der Waals surface area contributed by atoms with E-state index in [2.05, 4.69) is 31.6 Å². The molecule has 4 aromatic rings. The third-order valence-corrected chi connectivity index (χ3v) is 11.3. The van der Waals surface area contributed by atoms with Crippen molar-refractivity contribution in [3.05, 3.63) is 105 Å². The van der Waals surface area contributed by atoms with Crippen LogP contribution in [0.15, 0.2) is 71.5 Å². The number of rotatable bonds is 18. The third-order valence-electron chi connectivity index (χ3n) is 11.3. The predicted molar refractivity (Wildman–Crippen MR) is 229 cm³/mol. The van der Waals surface area contributed by atoms with Crippen molar-refractivity contribution in [2.24, 2.45) is 0 Å². The Kier molecular flexibility index (Phi) is 13.6. The maximum atomic E-state index is 15.5. The number of halogens is 1. The molecule has 2 atom stereocenters. The number of carbonyl (C=O) groups excluding carboxylic acids is 8. The normalized spacial score (nSPS) is 16.3. The van der Waals surface area contributed by atoms with Gasteiger partial charge in [-0.25, -0.2) is 14.2 Å². The van der Waals surface area contributed by atoms with Crippen molar-refractivity contribution in [1.29, 1.82) is 0 Å². The minimum Gasteiger partial charge on any atom is -0.458 e. The molecule has 0 fully saturated rings. The summed E-state index contributed by atoms with van der Waals surface area (Å²) in [5.74, 6) is -5.76. The Balaban J connectivity index is 0.907. The van der Waals surface area contributed by atoms with Gasteiger partial charge in [0.2, 0.25) is 29.5 Å². The molecule has 338 valence electrons. The molecule has 20 heteroatoms. The molecule has 0 saturated carbocycles. The van der Waals surface area contributed by atoms with Gasteiger partial charge in [0, 0.05) is 54.1 Å². The number of hydrogen-bond acceptors (Lipinski definition) is 12. The van der Waals surface area contributed by atoms with Crippen LogP contribution in [0.3, 0.4) is 0 Å². The largest absolute Gasteiger partial charge is 0.458 e. The Morgan fingerprint density at radius 3 is 2.31 bits per heavy atom. The highest BCUT2D eigenvalue weighted by molar-refractivity contribution is 6.12. The van der Waals surface area contributed by atoms with Crippen molar-refractivity contribution >= 4 is 63.9 Å². The summed E-state index contributed by atoms with van der Waals surface area (Å²) in [4.78, 5) is 119. The molecular formula is C45H45FN8O11. The highest BCUT2D eigenvalue weighted by Crippen LogP contribution is 2.39. The average Bonchev–Trinajstić information content (AvgIpc) is 3.81. The Labute approximate surface area is 369 Å². The maximum absolute atomic E-state index is 15.5. The summed E-state index contributed by atoms with van der Waals surface area (Å²) in [6, 6.07) is 13.2. The summed E-state index contributed by atoms with van der Waals surface area (Å²) in [6.45, 7) is 0.114. The van der Waals surface area contributed by atoms with Crippen LogP contribution in [-0.4, -0.2) is 99.1 Å². The van der Waals surface area contributed by atoms with Crippen LogP contribution in [0.1, 0.15) is 61.3 Å². The molecule has 2 aromatic heterocycles. The fraction of sp³-hybridized carbons (Fsp3) is 0.333. The van der Waals surface area contributed by atoms with Gasteiger partial charge in [-0.15, -0.1) is 0 Å². The number of anilines is 1. The minimum atomic E-state index is -2.01. The predicted octanol–water partition coefficient (Wildman–Crippen LogP) is 0.719. The van der Waals surface area contributed by atoms with E-state index in [4.69, 9.17) is 4.74 Å². The molecule has 0 saturated heterocycles. The van der Waals surface area contributed by atoms with Gasteiger partial charge < -0.3 is 41.0 Å². The van der Waals surface area contributed by atoms with Crippen LogP contribution in [0.5, 0.6) is 0 Å². The number of esters is 1. The van der Waals surface area contributed by atoms with Crippen LogP contribution in [-0.2, 0) is 68.3 Å². The number of unbranched alkanes of at least 4 members (excludes halogenated alkanes) is 2. The molecule has 0 spiro atoms. The molecule has 7 rings (SSSR count). The lowest BCUT2D eigenvalue weighted by atomic mass is 9.86. The SMILES string of the molecule is CC[C@@]1(O)C(=O)OCc2c1cc1n(c2=O)Cc2cc3cc(NC(=O)CNC(=O)C(Cc4ccccc4)NC(=O)CNC(=O)CNC(=O)CCCCCN4C(=O)C=CC4=O)c(F)cc3nc2-1. The van der Waals surface area contributed by atoms with Gasteiger partial charge in [-0.05, 0) is 43.0 Å². The molecule has 1 unspecified atom stereocenters. The fourth-order valence-corrected chi connectivity index (χ4v) is 7.78.